The molecule has 2 rings (SSSR count). The molecule has 84 valence electrons. The summed E-state index contributed by atoms with van der Waals surface area (Å²) in [4.78, 5) is 11.8. The minimum Gasteiger partial charge on any atom is -0.462 e. The zero-order chi connectivity index (χ0) is 11.7. The van der Waals surface area contributed by atoms with Gasteiger partial charge < -0.3 is 9.15 Å². The van der Waals surface area contributed by atoms with Gasteiger partial charge in [-0.15, -0.1) is 0 Å². The van der Waals surface area contributed by atoms with Gasteiger partial charge in [0.25, 0.3) is 0 Å². The molecular formula is C13H14O3. The van der Waals surface area contributed by atoms with Crippen molar-refractivity contribution >= 4 is 16.9 Å². The van der Waals surface area contributed by atoms with Gasteiger partial charge in [0.15, 0.2) is 0 Å². The predicted molar refractivity (Wildman–Crippen MR) is 61.6 cm³/mol. The lowest BCUT2D eigenvalue weighted by atomic mass is 10.1. The summed E-state index contributed by atoms with van der Waals surface area (Å²) in [6.45, 7) is 5.91. The third kappa shape index (κ3) is 1.69. The maximum atomic E-state index is 11.8. The Labute approximate surface area is 94.0 Å². The number of carbonyl (C=O) groups is 1. The molecule has 1 aromatic heterocycles. The normalized spacial score (nSPS) is 10.7. The van der Waals surface area contributed by atoms with Gasteiger partial charge in [-0.05, 0) is 32.4 Å². The standard InChI is InChI=1S/C13H14O3/c1-4-15-13(14)11-8(2)5-6-10-7-9(3)16-12(10)11/h5-7H,4H2,1-3H3. The van der Waals surface area contributed by atoms with Crippen LogP contribution in [-0.4, -0.2) is 12.6 Å². The van der Waals surface area contributed by atoms with E-state index >= 15 is 0 Å². The number of esters is 1. The molecule has 1 heterocycles. The van der Waals surface area contributed by atoms with Crippen LogP contribution in [0.5, 0.6) is 0 Å². The number of rotatable bonds is 2. The van der Waals surface area contributed by atoms with Gasteiger partial charge in [0.2, 0.25) is 0 Å². The molecule has 0 amide bonds. The fraction of sp³-hybridized carbons (Fsp3) is 0.308. The predicted octanol–water partition coefficient (Wildman–Crippen LogP) is 3.23. The van der Waals surface area contributed by atoms with Crippen LogP contribution in [0.15, 0.2) is 22.6 Å². The molecule has 0 spiro atoms. The second-order valence-electron chi connectivity index (χ2n) is 3.75. The van der Waals surface area contributed by atoms with Crippen LogP contribution in [0.4, 0.5) is 0 Å². The van der Waals surface area contributed by atoms with E-state index in [1.54, 1.807) is 6.92 Å². The summed E-state index contributed by atoms with van der Waals surface area (Å²) in [5.74, 6) is 0.478. The number of aryl methyl sites for hydroxylation is 2. The molecule has 2 aromatic rings. The summed E-state index contributed by atoms with van der Waals surface area (Å²) in [5.41, 5.74) is 2.03. The number of furan rings is 1. The molecule has 0 bridgehead atoms. The maximum Gasteiger partial charge on any atom is 0.342 e. The average Bonchev–Trinajstić information content (AvgIpc) is 2.58. The second kappa shape index (κ2) is 4.00. The molecule has 0 N–H and O–H groups in total. The van der Waals surface area contributed by atoms with Crippen LogP contribution < -0.4 is 0 Å². The van der Waals surface area contributed by atoms with Gasteiger partial charge in [-0.3, -0.25) is 0 Å². The van der Waals surface area contributed by atoms with Crippen molar-refractivity contribution in [2.75, 3.05) is 6.61 Å². The summed E-state index contributed by atoms with van der Waals surface area (Å²) in [7, 11) is 0. The van der Waals surface area contributed by atoms with Gasteiger partial charge >= 0.3 is 5.97 Å². The van der Waals surface area contributed by atoms with Crippen LogP contribution in [0.3, 0.4) is 0 Å². The molecule has 0 aliphatic heterocycles. The van der Waals surface area contributed by atoms with Crippen molar-refractivity contribution < 1.29 is 13.9 Å². The molecule has 16 heavy (non-hydrogen) atoms. The molecule has 0 aliphatic rings. The Kier molecular flexibility index (Phi) is 2.69. The first-order valence-electron chi connectivity index (χ1n) is 5.30. The number of fused-ring (bicyclic) bond motifs is 1. The highest BCUT2D eigenvalue weighted by Crippen LogP contribution is 2.26. The maximum absolute atomic E-state index is 11.8. The third-order valence-electron chi connectivity index (χ3n) is 2.50. The van der Waals surface area contributed by atoms with E-state index in [4.69, 9.17) is 9.15 Å². The Bertz CT molecular complexity index is 537. The van der Waals surface area contributed by atoms with E-state index in [9.17, 15) is 4.79 Å². The van der Waals surface area contributed by atoms with Gasteiger partial charge in [-0.1, -0.05) is 12.1 Å². The molecule has 3 nitrogen and oxygen atoms in total. The number of hydrogen-bond donors (Lipinski definition) is 0. The van der Waals surface area contributed by atoms with Crippen LogP contribution >= 0.6 is 0 Å². The van der Waals surface area contributed by atoms with Crippen LogP contribution in [0.2, 0.25) is 0 Å². The Morgan fingerprint density at radius 1 is 1.38 bits per heavy atom. The summed E-state index contributed by atoms with van der Waals surface area (Å²) in [6, 6.07) is 5.77. The van der Waals surface area contributed by atoms with Crippen molar-refractivity contribution in [3.05, 3.63) is 35.1 Å². The van der Waals surface area contributed by atoms with Crippen LogP contribution in [0.25, 0.3) is 11.0 Å². The van der Waals surface area contributed by atoms with Crippen molar-refractivity contribution in [3.63, 3.8) is 0 Å². The molecule has 3 heteroatoms. The highest BCUT2D eigenvalue weighted by Gasteiger charge is 2.17. The van der Waals surface area contributed by atoms with Gasteiger partial charge in [-0.25, -0.2) is 4.79 Å². The fourth-order valence-electron chi connectivity index (χ4n) is 1.79. The largest absolute Gasteiger partial charge is 0.462 e. The molecule has 0 radical (unpaired) electrons. The van der Waals surface area contributed by atoms with Crippen LogP contribution in [-0.2, 0) is 4.74 Å². The first kappa shape index (κ1) is 10.7. The SMILES string of the molecule is CCOC(=O)c1c(C)ccc2cc(C)oc12. The van der Waals surface area contributed by atoms with Gasteiger partial charge in [-0.2, -0.15) is 0 Å². The van der Waals surface area contributed by atoms with Gasteiger partial charge in [0, 0.05) is 5.39 Å². The number of ether oxygens (including phenoxy) is 1. The molecule has 1 aromatic carbocycles. The quantitative estimate of drug-likeness (QED) is 0.726. The van der Waals surface area contributed by atoms with E-state index in [2.05, 4.69) is 0 Å². The van der Waals surface area contributed by atoms with Crippen molar-refractivity contribution in [1.82, 2.24) is 0 Å². The first-order chi connectivity index (χ1) is 7.63. The minimum atomic E-state index is -0.319. The zero-order valence-corrected chi connectivity index (χ0v) is 9.66. The van der Waals surface area contributed by atoms with Crippen molar-refractivity contribution in [2.24, 2.45) is 0 Å². The van der Waals surface area contributed by atoms with E-state index in [1.807, 2.05) is 32.0 Å². The molecule has 0 saturated heterocycles. The molecule has 0 unspecified atom stereocenters. The summed E-state index contributed by atoms with van der Waals surface area (Å²) in [5, 5.41) is 0.936. The number of carbonyl (C=O) groups excluding carboxylic acids is 1. The summed E-state index contributed by atoms with van der Waals surface area (Å²) < 4.78 is 10.6. The van der Waals surface area contributed by atoms with Crippen LogP contribution in [0.1, 0.15) is 28.6 Å². The monoisotopic (exact) mass is 218 g/mol. The topological polar surface area (TPSA) is 39.4 Å². The number of hydrogen-bond acceptors (Lipinski definition) is 3. The summed E-state index contributed by atoms with van der Waals surface area (Å²) >= 11 is 0. The third-order valence-corrected chi connectivity index (χ3v) is 2.50. The Morgan fingerprint density at radius 3 is 2.81 bits per heavy atom. The molecule has 0 saturated carbocycles. The zero-order valence-electron chi connectivity index (χ0n) is 9.66. The van der Waals surface area contributed by atoms with Gasteiger partial charge in [0.1, 0.15) is 16.9 Å². The van der Waals surface area contributed by atoms with Gasteiger partial charge in [0.05, 0.1) is 6.61 Å². The lowest BCUT2D eigenvalue weighted by molar-refractivity contribution is 0.0526. The second-order valence-corrected chi connectivity index (χ2v) is 3.75. The summed E-state index contributed by atoms with van der Waals surface area (Å²) in [6.07, 6.45) is 0. The molecular weight excluding hydrogens is 204 g/mol. The van der Waals surface area contributed by atoms with E-state index in [0.29, 0.717) is 17.8 Å². The van der Waals surface area contributed by atoms with E-state index in [-0.39, 0.29) is 5.97 Å². The average molecular weight is 218 g/mol. The van der Waals surface area contributed by atoms with Crippen molar-refractivity contribution in [3.8, 4) is 0 Å². The highest BCUT2D eigenvalue weighted by atomic mass is 16.5. The smallest absolute Gasteiger partial charge is 0.342 e. The minimum absolute atomic E-state index is 0.319. The van der Waals surface area contributed by atoms with E-state index < -0.39 is 0 Å². The lowest BCUT2D eigenvalue weighted by Crippen LogP contribution is -2.06. The molecule has 0 aliphatic carbocycles. The fourth-order valence-corrected chi connectivity index (χ4v) is 1.79. The van der Waals surface area contributed by atoms with E-state index in [0.717, 1.165) is 16.7 Å². The first-order valence-corrected chi connectivity index (χ1v) is 5.30. The Hall–Kier alpha value is -1.77. The van der Waals surface area contributed by atoms with Crippen molar-refractivity contribution in [1.29, 1.82) is 0 Å². The number of benzene rings is 1. The van der Waals surface area contributed by atoms with E-state index in [1.165, 1.54) is 0 Å². The molecule has 0 atom stereocenters. The van der Waals surface area contributed by atoms with Crippen molar-refractivity contribution in [2.45, 2.75) is 20.8 Å². The molecule has 0 fully saturated rings. The highest BCUT2D eigenvalue weighted by molar-refractivity contribution is 6.03. The Balaban J connectivity index is 2.65. The Morgan fingerprint density at radius 2 is 2.12 bits per heavy atom. The lowest BCUT2D eigenvalue weighted by Gasteiger charge is -2.05. The van der Waals surface area contributed by atoms with Crippen LogP contribution in [0, 0.1) is 13.8 Å².